The quantitative estimate of drug-likeness (QED) is 0.789. The highest BCUT2D eigenvalue weighted by Crippen LogP contribution is 2.52. The lowest BCUT2D eigenvalue weighted by Gasteiger charge is -2.37. The van der Waals surface area contributed by atoms with Crippen LogP contribution in [-0.2, 0) is 10.2 Å². The molecule has 4 rings (SSSR count). The number of para-hydroxylation sites is 1. The number of piperazine rings is 1. The van der Waals surface area contributed by atoms with E-state index >= 15 is 0 Å². The van der Waals surface area contributed by atoms with E-state index in [2.05, 4.69) is 15.1 Å². The van der Waals surface area contributed by atoms with Crippen molar-refractivity contribution in [3.8, 4) is 5.75 Å². The van der Waals surface area contributed by atoms with E-state index in [4.69, 9.17) is 4.74 Å². The Morgan fingerprint density at radius 1 is 1.04 bits per heavy atom. The fraction of sp³-hybridized carbons (Fsp3) is 0.476. The lowest BCUT2D eigenvalue weighted by atomic mass is 9.93. The third-order valence-electron chi connectivity index (χ3n) is 5.77. The molecule has 0 radical (unpaired) electrons. The molecule has 0 N–H and O–H groups in total. The number of amides is 1. The van der Waals surface area contributed by atoms with E-state index in [1.807, 2.05) is 60.3 Å². The summed E-state index contributed by atoms with van der Waals surface area (Å²) in [5, 5.41) is 8.59. The number of methoxy groups -OCH3 is 1. The van der Waals surface area contributed by atoms with Crippen LogP contribution in [0.1, 0.15) is 18.4 Å². The van der Waals surface area contributed by atoms with Crippen LogP contribution < -0.4 is 14.5 Å². The van der Waals surface area contributed by atoms with E-state index < -0.39 is 5.41 Å². The smallest absolute Gasteiger partial charge is 0.233 e. The molecule has 2 fully saturated rings. The van der Waals surface area contributed by atoms with Crippen LogP contribution in [0, 0.1) is 0 Å². The molecule has 2 aromatic rings. The van der Waals surface area contributed by atoms with Crippen LogP contribution in [0.3, 0.4) is 0 Å². The predicted octanol–water partition coefficient (Wildman–Crippen LogP) is 1.93. The number of hydrogen-bond donors (Lipinski definition) is 0. The molecule has 0 unspecified atom stereocenters. The largest absolute Gasteiger partial charge is 0.496 e. The van der Waals surface area contributed by atoms with Crippen molar-refractivity contribution in [1.29, 1.82) is 0 Å². The topological polar surface area (TPSA) is 61.8 Å². The van der Waals surface area contributed by atoms with Crippen molar-refractivity contribution in [3.05, 3.63) is 42.0 Å². The van der Waals surface area contributed by atoms with Gasteiger partial charge in [0.2, 0.25) is 5.91 Å². The summed E-state index contributed by atoms with van der Waals surface area (Å²) in [7, 11) is 5.56. The van der Waals surface area contributed by atoms with E-state index in [-0.39, 0.29) is 5.91 Å². The molecule has 1 saturated carbocycles. The van der Waals surface area contributed by atoms with Gasteiger partial charge in [-0.2, -0.15) is 0 Å². The van der Waals surface area contributed by atoms with Gasteiger partial charge in [-0.05, 0) is 31.0 Å². The Morgan fingerprint density at radius 2 is 1.75 bits per heavy atom. The van der Waals surface area contributed by atoms with E-state index in [9.17, 15) is 4.79 Å². The lowest BCUT2D eigenvalue weighted by molar-refractivity contribution is -0.134. The summed E-state index contributed by atoms with van der Waals surface area (Å²) in [5.74, 6) is 2.74. The maximum absolute atomic E-state index is 13.3. The first-order valence-corrected chi connectivity index (χ1v) is 9.74. The molecule has 1 aliphatic carbocycles. The fourth-order valence-electron chi connectivity index (χ4n) is 3.93. The molecule has 7 nitrogen and oxygen atoms in total. The van der Waals surface area contributed by atoms with Gasteiger partial charge < -0.3 is 19.4 Å². The first-order chi connectivity index (χ1) is 13.5. The van der Waals surface area contributed by atoms with Crippen LogP contribution in [0.25, 0.3) is 0 Å². The van der Waals surface area contributed by atoms with Crippen LogP contribution in [0.4, 0.5) is 11.6 Å². The SMILES string of the molecule is COc1ccccc1C1(C(=O)N2CCN(c3ccc(N(C)C)nn3)CC2)CC1. The second kappa shape index (κ2) is 7.30. The van der Waals surface area contributed by atoms with Crippen LogP contribution in [-0.4, -0.2) is 68.4 Å². The Kier molecular flexibility index (Phi) is 4.83. The lowest BCUT2D eigenvalue weighted by Crippen LogP contribution is -2.51. The van der Waals surface area contributed by atoms with Gasteiger partial charge in [-0.3, -0.25) is 4.79 Å². The molecule has 148 valence electrons. The Hall–Kier alpha value is -2.83. The number of rotatable bonds is 5. The molecular weight excluding hydrogens is 354 g/mol. The van der Waals surface area contributed by atoms with Crippen LogP contribution in [0.15, 0.2) is 36.4 Å². The van der Waals surface area contributed by atoms with E-state index in [0.29, 0.717) is 13.1 Å². The molecular formula is C21H27N5O2. The van der Waals surface area contributed by atoms with Gasteiger partial charge in [0.15, 0.2) is 11.6 Å². The zero-order chi connectivity index (χ0) is 19.7. The second-order valence-electron chi connectivity index (χ2n) is 7.71. The first kappa shape index (κ1) is 18.5. The maximum atomic E-state index is 13.3. The number of nitrogens with zero attached hydrogens (tertiary/aromatic N) is 5. The van der Waals surface area contributed by atoms with Crippen molar-refractivity contribution in [2.45, 2.75) is 18.3 Å². The Labute approximate surface area is 165 Å². The number of hydrogen-bond acceptors (Lipinski definition) is 6. The van der Waals surface area contributed by atoms with E-state index in [1.165, 1.54) is 0 Å². The highest BCUT2D eigenvalue weighted by Gasteiger charge is 2.54. The highest BCUT2D eigenvalue weighted by molar-refractivity contribution is 5.92. The average molecular weight is 381 g/mol. The number of aromatic nitrogens is 2. The monoisotopic (exact) mass is 381 g/mol. The Morgan fingerprint density at radius 3 is 2.32 bits per heavy atom. The zero-order valence-corrected chi connectivity index (χ0v) is 16.8. The summed E-state index contributed by atoms with van der Waals surface area (Å²) in [6.07, 6.45) is 1.79. The standard InChI is InChI=1S/C21H27N5O2/c1-24(2)18-8-9-19(23-22-18)25-12-14-26(15-13-25)20(27)21(10-11-21)16-6-4-5-7-17(16)28-3/h4-9H,10-15H2,1-3H3. The van der Waals surface area contributed by atoms with Crippen LogP contribution in [0.5, 0.6) is 5.75 Å². The molecule has 0 bridgehead atoms. The molecule has 1 amide bonds. The minimum Gasteiger partial charge on any atom is -0.496 e. The summed E-state index contributed by atoms with van der Waals surface area (Å²) in [4.78, 5) is 19.5. The third-order valence-corrected chi connectivity index (χ3v) is 5.77. The molecule has 0 spiro atoms. The Bertz CT molecular complexity index is 840. The fourth-order valence-corrected chi connectivity index (χ4v) is 3.93. The van der Waals surface area contributed by atoms with Gasteiger partial charge in [0.05, 0.1) is 12.5 Å². The molecule has 1 saturated heterocycles. The molecule has 2 aliphatic rings. The van der Waals surface area contributed by atoms with Gasteiger partial charge in [-0.1, -0.05) is 18.2 Å². The second-order valence-corrected chi connectivity index (χ2v) is 7.71. The van der Waals surface area contributed by atoms with Crippen molar-refractivity contribution < 1.29 is 9.53 Å². The minimum absolute atomic E-state index is 0.227. The van der Waals surface area contributed by atoms with Crippen molar-refractivity contribution in [2.75, 3.05) is 57.2 Å². The molecule has 28 heavy (non-hydrogen) atoms. The van der Waals surface area contributed by atoms with Gasteiger partial charge in [0.1, 0.15) is 5.75 Å². The molecule has 1 aliphatic heterocycles. The van der Waals surface area contributed by atoms with Gasteiger partial charge in [0, 0.05) is 45.8 Å². The highest BCUT2D eigenvalue weighted by atomic mass is 16.5. The van der Waals surface area contributed by atoms with Gasteiger partial charge >= 0.3 is 0 Å². The van der Waals surface area contributed by atoms with Crippen molar-refractivity contribution >= 4 is 17.5 Å². The summed E-state index contributed by atoms with van der Waals surface area (Å²) >= 11 is 0. The summed E-state index contributed by atoms with van der Waals surface area (Å²) < 4.78 is 5.51. The maximum Gasteiger partial charge on any atom is 0.233 e. The summed E-state index contributed by atoms with van der Waals surface area (Å²) in [6, 6.07) is 11.9. The number of benzene rings is 1. The molecule has 1 aromatic heterocycles. The van der Waals surface area contributed by atoms with E-state index in [0.717, 1.165) is 48.9 Å². The summed E-state index contributed by atoms with van der Waals surface area (Å²) in [6.45, 7) is 2.94. The predicted molar refractivity (Wildman–Crippen MR) is 109 cm³/mol. The van der Waals surface area contributed by atoms with Crippen LogP contribution in [0.2, 0.25) is 0 Å². The average Bonchev–Trinajstić information content (AvgIpc) is 3.55. The third kappa shape index (κ3) is 3.25. The van der Waals surface area contributed by atoms with Crippen molar-refractivity contribution in [1.82, 2.24) is 15.1 Å². The number of carbonyl (C=O) groups excluding carboxylic acids is 1. The van der Waals surface area contributed by atoms with Gasteiger partial charge in [-0.15, -0.1) is 10.2 Å². The number of ether oxygens (including phenoxy) is 1. The van der Waals surface area contributed by atoms with Gasteiger partial charge in [0.25, 0.3) is 0 Å². The molecule has 1 aromatic carbocycles. The molecule has 7 heteroatoms. The normalized spacial score (nSPS) is 18.0. The zero-order valence-electron chi connectivity index (χ0n) is 16.8. The summed E-state index contributed by atoms with van der Waals surface area (Å²) in [5.41, 5.74) is 0.622. The first-order valence-electron chi connectivity index (χ1n) is 9.74. The van der Waals surface area contributed by atoms with Crippen molar-refractivity contribution in [3.63, 3.8) is 0 Å². The Balaban J connectivity index is 1.43. The number of carbonyl (C=O) groups is 1. The number of anilines is 2. The molecule has 2 heterocycles. The van der Waals surface area contributed by atoms with E-state index in [1.54, 1.807) is 7.11 Å². The van der Waals surface area contributed by atoms with Gasteiger partial charge in [-0.25, -0.2) is 0 Å². The van der Waals surface area contributed by atoms with Crippen LogP contribution >= 0.6 is 0 Å². The molecule has 0 atom stereocenters. The van der Waals surface area contributed by atoms with Crippen molar-refractivity contribution in [2.24, 2.45) is 0 Å². The minimum atomic E-state index is -0.401.